The summed E-state index contributed by atoms with van der Waals surface area (Å²) in [5.41, 5.74) is 0.462. The number of carbonyl (C=O) groups excluding carboxylic acids is 1. The molecule has 1 unspecified atom stereocenters. The van der Waals surface area contributed by atoms with Crippen molar-refractivity contribution in [1.29, 1.82) is 0 Å². The molecule has 1 aromatic rings. The predicted molar refractivity (Wildman–Crippen MR) is 91.4 cm³/mol. The summed E-state index contributed by atoms with van der Waals surface area (Å²) in [6.07, 6.45) is 0.498. The molecule has 1 amide bonds. The van der Waals surface area contributed by atoms with Gasteiger partial charge < -0.3 is 10.6 Å². The zero-order valence-corrected chi connectivity index (χ0v) is 14.5. The van der Waals surface area contributed by atoms with Gasteiger partial charge in [-0.2, -0.15) is 11.8 Å². The van der Waals surface area contributed by atoms with Gasteiger partial charge in [0, 0.05) is 30.5 Å². The lowest BCUT2D eigenvalue weighted by atomic mass is 9.94. The first-order valence-electron chi connectivity index (χ1n) is 6.96. The molecule has 1 aliphatic rings. The molecule has 0 saturated carbocycles. The Morgan fingerprint density at radius 2 is 2.19 bits per heavy atom. The summed E-state index contributed by atoms with van der Waals surface area (Å²) in [6.45, 7) is 4.90. The topological polar surface area (TPSA) is 41.1 Å². The Labute approximate surface area is 140 Å². The van der Waals surface area contributed by atoms with E-state index in [0.717, 1.165) is 23.6 Å². The average Bonchev–Trinajstić information content (AvgIpc) is 2.42. The quantitative estimate of drug-likeness (QED) is 0.877. The summed E-state index contributed by atoms with van der Waals surface area (Å²) in [7, 11) is 0. The molecule has 116 valence electrons. The zero-order chi connectivity index (χ0) is 15.5. The molecule has 0 radical (unpaired) electrons. The number of hydrogen-bond donors (Lipinski definition) is 2. The summed E-state index contributed by atoms with van der Waals surface area (Å²) in [5.74, 6) is 2.15. The third-order valence-corrected chi connectivity index (χ3v) is 5.39. The first-order chi connectivity index (χ1) is 9.88. The maximum Gasteiger partial charge on any atom is 0.222 e. The van der Waals surface area contributed by atoms with E-state index in [1.54, 1.807) is 12.1 Å². The van der Waals surface area contributed by atoms with Gasteiger partial charge in [-0.25, -0.2) is 0 Å². The second-order valence-corrected chi connectivity index (χ2v) is 7.70. The van der Waals surface area contributed by atoms with Gasteiger partial charge in [0.2, 0.25) is 5.91 Å². The average molecular weight is 347 g/mol. The van der Waals surface area contributed by atoms with Crippen LogP contribution in [0.25, 0.3) is 0 Å². The molecule has 6 heteroatoms. The van der Waals surface area contributed by atoms with Gasteiger partial charge in [0.1, 0.15) is 0 Å². The summed E-state index contributed by atoms with van der Waals surface area (Å²) >= 11 is 13.9. The van der Waals surface area contributed by atoms with Crippen LogP contribution < -0.4 is 10.6 Å². The van der Waals surface area contributed by atoms with Gasteiger partial charge in [-0.05, 0) is 31.5 Å². The summed E-state index contributed by atoms with van der Waals surface area (Å²) in [6, 6.07) is 5.71. The maximum atomic E-state index is 12.2. The number of nitrogens with one attached hydrogen (secondary N) is 2. The zero-order valence-electron chi connectivity index (χ0n) is 12.2. The fourth-order valence-electron chi connectivity index (χ4n) is 2.33. The third-order valence-electron chi connectivity index (χ3n) is 3.52. The Morgan fingerprint density at radius 3 is 2.81 bits per heavy atom. The van der Waals surface area contributed by atoms with Crippen LogP contribution in [0.2, 0.25) is 10.0 Å². The van der Waals surface area contributed by atoms with Crippen molar-refractivity contribution >= 4 is 40.9 Å². The first-order valence-corrected chi connectivity index (χ1v) is 8.87. The molecule has 1 heterocycles. The standard InChI is InChI=1S/C15H20Cl2N2OS/c1-15(2,10-3-4-12(16)13(17)7-10)19-14(20)8-11-9-21-6-5-18-11/h3-4,7,11,18H,5-6,8-9H2,1-2H3,(H,19,20). The molecule has 0 aliphatic carbocycles. The van der Waals surface area contributed by atoms with Crippen LogP contribution in [0, 0.1) is 0 Å². The minimum absolute atomic E-state index is 0.0473. The molecule has 2 rings (SSSR count). The molecular formula is C15H20Cl2N2OS. The Bertz CT molecular complexity index is 516. The van der Waals surface area contributed by atoms with Gasteiger partial charge in [-0.3, -0.25) is 4.79 Å². The highest BCUT2D eigenvalue weighted by atomic mass is 35.5. The van der Waals surface area contributed by atoms with Crippen molar-refractivity contribution in [2.75, 3.05) is 18.1 Å². The number of carbonyl (C=O) groups is 1. The number of hydrogen-bond acceptors (Lipinski definition) is 3. The molecule has 1 atom stereocenters. The minimum atomic E-state index is -0.479. The molecule has 1 saturated heterocycles. The van der Waals surface area contributed by atoms with Crippen LogP contribution >= 0.6 is 35.0 Å². The number of rotatable bonds is 4. The van der Waals surface area contributed by atoms with Crippen molar-refractivity contribution in [1.82, 2.24) is 10.6 Å². The monoisotopic (exact) mass is 346 g/mol. The molecule has 3 nitrogen and oxygen atoms in total. The normalized spacial score (nSPS) is 19.3. The van der Waals surface area contributed by atoms with E-state index in [1.807, 2.05) is 31.7 Å². The summed E-state index contributed by atoms with van der Waals surface area (Å²) < 4.78 is 0. The SMILES string of the molecule is CC(C)(NC(=O)CC1CSCCN1)c1ccc(Cl)c(Cl)c1. The maximum absolute atomic E-state index is 12.2. The lowest BCUT2D eigenvalue weighted by molar-refractivity contribution is -0.123. The van der Waals surface area contributed by atoms with E-state index >= 15 is 0 Å². The number of benzene rings is 1. The fourth-order valence-corrected chi connectivity index (χ4v) is 3.58. The van der Waals surface area contributed by atoms with Crippen molar-refractivity contribution < 1.29 is 4.79 Å². The molecule has 2 N–H and O–H groups in total. The fraction of sp³-hybridized carbons (Fsp3) is 0.533. The summed E-state index contributed by atoms with van der Waals surface area (Å²) in [5, 5.41) is 7.47. The van der Waals surface area contributed by atoms with Crippen molar-refractivity contribution in [3.05, 3.63) is 33.8 Å². The largest absolute Gasteiger partial charge is 0.347 e. The predicted octanol–water partition coefficient (Wildman–Crippen LogP) is 3.44. The van der Waals surface area contributed by atoms with Crippen molar-refractivity contribution in [3.63, 3.8) is 0 Å². The van der Waals surface area contributed by atoms with E-state index in [2.05, 4.69) is 10.6 Å². The molecule has 0 spiro atoms. The van der Waals surface area contributed by atoms with Crippen LogP contribution in [0.4, 0.5) is 0 Å². The lowest BCUT2D eigenvalue weighted by Crippen LogP contribution is -2.46. The highest BCUT2D eigenvalue weighted by molar-refractivity contribution is 7.99. The molecular weight excluding hydrogens is 327 g/mol. The van der Waals surface area contributed by atoms with E-state index in [0.29, 0.717) is 16.5 Å². The number of amides is 1. The third kappa shape index (κ3) is 4.78. The van der Waals surface area contributed by atoms with Crippen molar-refractivity contribution in [2.45, 2.75) is 31.8 Å². The van der Waals surface area contributed by atoms with E-state index in [1.165, 1.54) is 0 Å². The highest BCUT2D eigenvalue weighted by Crippen LogP contribution is 2.28. The van der Waals surface area contributed by atoms with Gasteiger partial charge in [0.05, 0.1) is 15.6 Å². The van der Waals surface area contributed by atoms with Crippen LogP contribution in [0.5, 0.6) is 0 Å². The molecule has 1 fully saturated rings. The number of halogens is 2. The Kier molecular flexibility index (Phi) is 5.83. The van der Waals surface area contributed by atoms with E-state index in [9.17, 15) is 4.79 Å². The Hall–Kier alpha value is -0.420. The Morgan fingerprint density at radius 1 is 1.43 bits per heavy atom. The molecule has 1 aromatic carbocycles. The highest BCUT2D eigenvalue weighted by Gasteiger charge is 2.25. The minimum Gasteiger partial charge on any atom is -0.347 e. The van der Waals surface area contributed by atoms with Crippen LogP contribution in [-0.2, 0) is 10.3 Å². The van der Waals surface area contributed by atoms with Gasteiger partial charge >= 0.3 is 0 Å². The van der Waals surface area contributed by atoms with Crippen LogP contribution in [0.15, 0.2) is 18.2 Å². The van der Waals surface area contributed by atoms with E-state index in [-0.39, 0.29) is 11.9 Å². The van der Waals surface area contributed by atoms with Gasteiger partial charge in [0.25, 0.3) is 0 Å². The summed E-state index contributed by atoms with van der Waals surface area (Å²) in [4.78, 5) is 12.2. The number of thioether (sulfide) groups is 1. The van der Waals surface area contributed by atoms with Crippen LogP contribution in [-0.4, -0.2) is 30.0 Å². The van der Waals surface area contributed by atoms with Gasteiger partial charge in [-0.15, -0.1) is 0 Å². The first kappa shape index (κ1) is 16.9. The smallest absolute Gasteiger partial charge is 0.222 e. The van der Waals surface area contributed by atoms with Crippen LogP contribution in [0.1, 0.15) is 25.8 Å². The molecule has 21 heavy (non-hydrogen) atoms. The lowest BCUT2D eigenvalue weighted by Gasteiger charge is -2.29. The second kappa shape index (κ2) is 7.23. The van der Waals surface area contributed by atoms with Gasteiger partial charge in [-0.1, -0.05) is 29.3 Å². The molecule has 1 aliphatic heterocycles. The van der Waals surface area contributed by atoms with E-state index < -0.39 is 5.54 Å². The van der Waals surface area contributed by atoms with Crippen molar-refractivity contribution in [3.8, 4) is 0 Å². The van der Waals surface area contributed by atoms with Crippen LogP contribution in [0.3, 0.4) is 0 Å². The van der Waals surface area contributed by atoms with E-state index in [4.69, 9.17) is 23.2 Å². The van der Waals surface area contributed by atoms with Crippen molar-refractivity contribution in [2.24, 2.45) is 0 Å². The molecule has 0 bridgehead atoms. The molecule has 0 aromatic heterocycles. The Balaban J connectivity index is 1.98. The second-order valence-electron chi connectivity index (χ2n) is 5.73. The van der Waals surface area contributed by atoms with Gasteiger partial charge in [0.15, 0.2) is 0 Å².